The molecule has 49 heavy (non-hydrogen) atoms. The molecule has 5 aromatic rings. The summed E-state index contributed by atoms with van der Waals surface area (Å²) < 4.78 is 19.9. The monoisotopic (exact) mass is 738 g/mol. The van der Waals surface area contributed by atoms with Gasteiger partial charge in [-0.05, 0) is 88.9 Å². The van der Waals surface area contributed by atoms with Crippen LogP contribution >= 0.6 is 27.3 Å². The second-order valence-corrected chi connectivity index (χ2v) is 12.8. The van der Waals surface area contributed by atoms with Crippen molar-refractivity contribution in [1.82, 2.24) is 4.57 Å². The van der Waals surface area contributed by atoms with E-state index in [1.54, 1.807) is 35.8 Å². The number of esters is 1. The maximum Gasteiger partial charge on any atom is 0.338 e. The van der Waals surface area contributed by atoms with Gasteiger partial charge in [0.05, 0.1) is 45.1 Å². The molecule has 0 spiro atoms. The number of hydrogen-bond donors (Lipinski definition) is 1. The molecule has 0 fully saturated rings. The number of thiazole rings is 1. The van der Waals surface area contributed by atoms with E-state index in [1.807, 2.05) is 73.7 Å². The molecule has 0 bridgehead atoms. The smallest absolute Gasteiger partial charge is 0.338 e. The van der Waals surface area contributed by atoms with Crippen LogP contribution in [-0.4, -0.2) is 34.8 Å². The van der Waals surface area contributed by atoms with E-state index >= 15 is 0 Å². The van der Waals surface area contributed by atoms with Gasteiger partial charge < -0.3 is 19.3 Å². The van der Waals surface area contributed by atoms with Crippen molar-refractivity contribution < 1.29 is 28.9 Å². The first kappa shape index (κ1) is 33.6. The minimum Gasteiger partial charge on any atom is -0.494 e. The van der Waals surface area contributed by atoms with E-state index in [0.29, 0.717) is 43.2 Å². The highest BCUT2D eigenvalue weighted by molar-refractivity contribution is 9.10. The summed E-state index contributed by atoms with van der Waals surface area (Å²) in [5, 5.41) is 9.13. The Labute approximate surface area is 294 Å². The van der Waals surface area contributed by atoms with Crippen molar-refractivity contribution in [3.05, 3.63) is 155 Å². The van der Waals surface area contributed by atoms with Gasteiger partial charge in [-0.3, -0.25) is 9.36 Å². The molecule has 0 aliphatic carbocycles. The predicted molar refractivity (Wildman–Crippen MR) is 191 cm³/mol. The highest BCUT2D eigenvalue weighted by Crippen LogP contribution is 2.36. The molecule has 1 aliphatic rings. The number of rotatable bonds is 11. The lowest BCUT2D eigenvalue weighted by molar-refractivity contribution is -0.138. The van der Waals surface area contributed by atoms with E-state index < -0.39 is 18.0 Å². The van der Waals surface area contributed by atoms with Crippen LogP contribution in [0.25, 0.3) is 11.8 Å². The van der Waals surface area contributed by atoms with Crippen molar-refractivity contribution in [3.63, 3.8) is 0 Å². The molecular formula is C38H31BrN2O7S. The van der Waals surface area contributed by atoms with Crippen molar-refractivity contribution in [2.75, 3.05) is 13.2 Å². The number of hydrogen-bond acceptors (Lipinski definition) is 8. The van der Waals surface area contributed by atoms with Crippen molar-refractivity contribution in [3.8, 4) is 11.5 Å². The Kier molecular flexibility index (Phi) is 10.2. The number of nitrogens with zero attached hydrogens (tertiary/aromatic N) is 2. The fourth-order valence-corrected chi connectivity index (χ4v) is 6.96. The van der Waals surface area contributed by atoms with Crippen LogP contribution in [0.1, 0.15) is 52.5 Å². The van der Waals surface area contributed by atoms with Crippen LogP contribution in [0.4, 0.5) is 0 Å². The summed E-state index contributed by atoms with van der Waals surface area (Å²) in [7, 11) is 0. The largest absolute Gasteiger partial charge is 0.494 e. The normalized spacial score (nSPS) is 14.2. The van der Waals surface area contributed by atoms with Crippen LogP contribution in [0.2, 0.25) is 0 Å². The first-order chi connectivity index (χ1) is 23.8. The van der Waals surface area contributed by atoms with Gasteiger partial charge in [0.2, 0.25) is 0 Å². The Morgan fingerprint density at radius 2 is 1.67 bits per heavy atom. The number of aromatic carboxylic acids is 1. The minimum absolute atomic E-state index is 0.163. The van der Waals surface area contributed by atoms with Crippen molar-refractivity contribution in [2.24, 2.45) is 4.99 Å². The summed E-state index contributed by atoms with van der Waals surface area (Å²) >= 11 is 4.82. The molecule has 1 N–H and O–H groups in total. The summed E-state index contributed by atoms with van der Waals surface area (Å²) in [5.41, 5.74) is 3.66. The van der Waals surface area contributed by atoms with Gasteiger partial charge in [-0.25, -0.2) is 14.6 Å². The highest BCUT2D eigenvalue weighted by atomic mass is 79.9. The Bertz CT molecular complexity index is 2230. The lowest BCUT2D eigenvalue weighted by Crippen LogP contribution is -2.40. The second-order valence-electron chi connectivity index (χ2n) is 10.9. The molecule has 2 heterocycles. The molecule has 1 aliphatic heterocycles. The number of carbonyl (C=O) groups excluding carboxylic acids is 1. The molecule has 0 unspecified atom stereocenters. The number of halogens is 1. The Hall–Kier alpha value is -5.26. The summed E-state index contributed by atoms with van der Waals surface area (Å²) in [6.45, 7) is 4.56. The van der Waals surface area contributed by atoms with Crippen LogP contribution in [0.3, 0.4) is 0 Å². The van der Waals surface area contributed by atoms with E-state index in [1.165, 1.54) is 23.5 Å². The first-order valence-electron chi connectivity index (χ1n) is 15.5. The number of carboxylic acids is 1. The van der Waals surface area contributed by atoms with Crippen LogP contribution in [0, 0.1) is 0 Å². The van der Waals surface area contributed by atoms with Crippen LogP contribution in [-0.2, 0) is 16.1 Å². The standard InChI is InChI=1S/C38H31BrN2O7S/c1-3-46-28-17-15-26(16-18-28)34-32(37(45)47-4-2)33(25-8-6-5-7-9-25)40-38-41(34)35(42)31(49-38)21-24-12-19-30(29(39)20-24)48-22-23-10-13-27(14-11-23)36(43)44/h5-21,34H,3-4,22H2,1-2H3,(H,43,44)/b31-21+/t34-/m0/s1. The molecule has 248 valence electrons. The molecule has 1 atom stereocenters. The molecule has 4 aromatic carbocycles. The third-order valence-electron chi connectivity index (χ3n) is 7.73. The number of benzene rings is 4. The number of fused-ring (bicyclic) bond motifs is 1. The molecule has 6 rings (SSSR count). The average Bonchev–Trinajstić information content (AvgIpc) is 3.42. The summed E-state index contributed by atoms with van der Waals surface area (Å²) in [4.78, 5) is 44.4. The summed E-state index contributed by atoms with van der Waals surface area (Å²) in [5.74, 6) is -0.266. The average molecular weight is 740 g/mol. The van der Waals surface area contributed by atoms with Crippen molar-refractivity contribution in [1.29, 1.82) is 0 Å². The highest BCUT2D eigenvalue weighted by Gasteiger charge is 2.35. The van der Waals surface area contributed by atoms with Gasteiger partial charge in [0, 0.05) is 5.56 Å². The summed E-state index contributed by atoms with van der Waals surface area (Å²) in [6.07, 6.45) is 1.79. The lowest BCUT2D eigenvalue weighted by Gasteiger charge is -2.26. The maximum absolute atomic E-state index is 14.2. The molecular weight excluding hydrogens is 708 g/mol. The zero-order valence-corrected chi connectivity index (χ0v) is 29.0. The second kappa shape index (κ2) is 14.9. The lowest BCUT2D eigenvalue weighted by atomic mass is 9.93. The van der Waals surface area contributed by atoms with E-state index in [0.717, 1.165) is 16.7 Å². The van der Waals surface area contributed by atoms with Crippen molar-refractivity contribution in [2.45, 2.75) is 26.5 Å². The SMILES string of the molecule is CCOC(=O)C1=C(c2ccccc2)N=c2s/c(=C/c3ccc(OCc4ccc(C(=O)O)cc4)c(Br)c3)c(=O)n2[C@H]1c1ccc(OCC)cc1. The van der Waals surface area contributed by atoms with Gasteiger partial charge in [0.1, 0.15) is 18.1 Å². The van der Waals surface area contributed by atoms with Gasteiger partial charge in [-0.1, -0.05) is 72.0 Å². The Balaban J connectivity index is 1.41. The molecule has 9 nitrogen and oxygen atoms in total. The third-order valence-corrected chi connectivity index (χ3v) is 9.33. The van der Waals surface area contributed by atoms with E-state index in [-0.39, 0.29) is 29.9 Å². The number of carboxylic acid groups (broad SMARTS) is 1. The molecule has 0 amide bonds. The Morgan fingerprint density at radius 1 is 0.939 bits per heavy atom. The van der Waals surface area contributed by atoms with Gasteiger partial charge >= 0.3 is 11.9 Å². The third kappa shape index (κ3) is 7.28. The van der Waals surface area contributed by atoms with Gasteiger partial charge in [-0.2, -0.15) is 0 Å². The van der Waals surface area contributed by atoms with Crippen LogP contribution in [0.5, 0.6) is 11.5 Å². The first-order valence-corrected chi connectivity index (χ1v) is 17.1. The van der Waals surface area contributed by atoms with Gasteiger partial charge in [0.25, 0.3) is 5.56 Å². The number of aromatic nitrogens is 1. The summed E-state index contributed by atoms with van der Waals surface area (Å²) in [6, 6.07) is 28.0. The van der Waals surface area contributed by atoms with Crippen LogP contribution in [0.15, 0.2) is 117 Å². The molecule has 0 radical (unpaired) electrons. The number of ether oxygens (including phenoxy) is 3. The molecule has 1 aromatic heterocycles. The van der Waals surface area contributed by atoms with E-state index in [2.05, 4.69) is 15.9 Å². The molecule has 0 saturated carbocycles. The van der Waals surface area contributed by atoms with Crippen LogP contribution < -0.4 is 24.4 Å². The van der Waals surface area contributed by atoms with E-state index in [9.17, 15) is 14.4 Å². The van der Waals surface area contributed by atoms with E-state index in [4.69, 9.17) is 24.3 Å². The topological polar surface area (TPSA) is 116 Å². The fraction of sp³-hybridized carbons (Fsp3) is 0.158. The van der Waals surface area contributed by atoms with Crippen molar-refractivity contribution >= 4 is 51.0 Å². The fourth-order valence-electron chi connectivity index (χ4n) is 5.45. The van der Waals surface area contributed by atoms with Gasteiger partial charge in [-0.15, -0.1) is 0 Å². The zero-order chi connectivity index (χ0) is 34.5. The quantitative estimate of drug-likeness (QED) is 0.157. The zero-order valence-electron chi connectivity index (χ0n) is 26.6. The predicted octanol–water partition coefficient (Wildman–Crippen LogP) is 6.37. The molecule has 0 saturated heterocycles. The van der Waals surface area contributed by atoms with Gasteiger partial charge in [0.15, 0.2) is 4.80 Å². The Morgan fingerprint density at radius 3 is 2.33 bits per heavy atom. The maximum atomic E-state index is 14.2. The number of carbonyl (C=O) groups is 2. The molecule has 11 heteroatoms. The minimum atomic E-state index is -0.985.